The first-order valence-corrected chi connectivity index (χ1v) is 8.76. The molecule has 1 atom stereocenters. The molecule has 3 N–H and O–H groups in total. The van der Waals surface area contributed by atoms with Crippen LogP contribution in [0.15, 0.2) is 53.8 Å². The third-order valence-electron chi connectivity index (χ3n) is 3.67. The summed E-state index contributed by atoms with van der Waals surface area (Å²) in [6.07, 6.45) is 4.06. The number of hydrogen-bond acceptors (Lipinski definition) is 4. The molecule has 2 aromatic heterocycles. The van der Waals surface area contributed by atoms with Crippen molar-refractivity contribution in [1.82, 2.24) is 14.7 Å². The fourth-order valence-electron chi connectivity index (χ4n) is 2.54. The Morgan fingerprint density at radius 3 is 2.83 bits per heavy atom. The molecule has 0 aliphatic rings. The lowest BCUT2D eigenvalue weighted by Crippen LogP contribution is -2.39. The van der Waals surface area contributed by atoms with Crippen molar-refractivity contribution in [2.24, 2.45) is 0 Å². The molecule has 0 amide bonds. The van der Waals surface area contributed by atoms with Gasteiger partial charge in [0.15, 0.2) is 0 Å². The zero-order valence-corrected chi connectivity index (χ0v) is 13.4. The van der Waals surface area contributed by atoms with E-state index in [1.165, 1.54) is 0 Å². The van der Waals surface area contributed by atoms with Gasteiger partial charge in [-0.25, -0.2) is 17.5 Å². The van der Waals surface area contributed by atoms with Crippen LogP contribution >= 0.6 is 0 Å². The predicted molar refractivity (Wildman–Crippen MR) is 87.4 cm³/mol. The molecule has 3 rings (SSSR count). The van der Waals surface area contributed by atoms with Crippen LogP contribution in [0.5, 0.6) is 0 Å². The number of aliphatic hydroxyl groups is 1. The number of aromatic amines is 1. The van der Waals surface area contributed by atoms with Gasteiger partial charge < -0.3 is 10.1 Å². The van der Waals surface area contributed by atoms with Crippen LogP contribution in [0.4, 0.5) is 4.39 Å². The lowest BCUT2D eigenvalue weighted by molar-refractivity contribution is 0.256. The summed E-state index contributed by atoms with van der Waals surface area (Å²) in [4.78, 5) is 6.36. The quantitative estimate of drug-likeness (QED) is 0.630. The fraction of sp³-hybridized carbons (Fsp3) is 0.188. The molecule has 0 saturated heterocycles. The zero-order chi connectivity index (χ0) is 17.2. The van der Waals surface area contributed by atoms with Gasteiger partial charge in [0.1, 0.15) is 10.7 Å². The van der Waals surface area contributed by atoms with Crippen LogP contribution in [-0.2, 0) is 16.4 Å². The second-order valence-electron chi connectivity index (χ2n) is 5.40. The van der Waals surface area contributed by atoms with Gasteiger partial charge in [0.05, 0.1) is 12.8 Å². The first kappa shape index (κ1) is 16.6. The van der Waals surface area contributed by atoms with Crippen molar-refractivity contribution in [2.45, 2.75) is 17.4 Å². The number of pyridine rings is 1. The van der Waals surface area contributed by atoms with Gasteiger partial charge in [-0.05, 0) is 24.1 Å². The molecule has 126 valence electrons. The van der Waals surface area contributed by atoms with E-state index in [1.807, 2.05) is 24.3 Å². The normalized spacial score (nSPS) is 13.2. The number of fused-ring (bicyclic) bond motifs is 1. The average molecular weight is 349 g/mol. The molecule has 0 saturated carbocycles. The molecule has 0 bridgehead atoms. The first-order chi connectivity index (χ1) is 11.5. The maximum absolute atomic E-state index is 13.2. The van der Waals surface area contributed by atoms with E-state index in [4.69, 9.17) is 0 Å². The number of aromatic nitrogens is 2. The Labute approximate surface area is 138 Å². The molecule has 1 unspecified atom stereocenters. The summed E-state index contributed by atoms with van der Waals surface area (Å²) in [6, 6.07) is 7.76. The van der Waals surface area contributed by atoms with Gasteiger partial charge in [-0.3, -0.25) is 4.98 Å². The summed E-state index contributed by atoms with van der Waals surface area (Å²) >= 11 is 0. The van der Waals surface area contributed by atoms with Crippen molar-refractivity contribution < 1.29 is 17.9 Å². The Balaban J connectivity index is 1.82. The maximum Gasteiger partial charge on any atom is 0.242 e. The summed E-state index contributed by atoms with van der Waals surface area (Å²) in [5.74, 6) is -0.741. The molecule has 6 nitrogen and oxygen atoms in total. The summed E-state index contributed by atoms with van der Waals surface area (Å²) in [5, 5.41) is 10.5. The van der Waals surface area contributed by atoms with Crippen molar-refractivity contribution in [3.05, 3.63) is 60.3 Å². The molecule has 0 radical (unpaired) electrons. The van der Waals surface area contributed by atoms with E-state index in [1.54, 1.807) is 6.20 Å². The number of H-pyrrole nitrogens is 1. The Hall–Kier alpha value is -2.29. The molecule has 2 heterocycles. The number of benzene rings is 1. The minimum Gasteiger partial charge on any atom is -0.395 e. The van der Waals surface area contributed by atoms with Crippen LogP contribution in [0, 0.1) is 5.82 Å². The van der Waals surface area contributed by atoms with Crippen molar-refractivity contribution in [3.63, 3.8) is 0 Å². The van der Waals surface area contributed by atoms with E-state index < -0.39 is 21.9 Å². The van der Waals surface area contributed by atoms with Crippen LogP contribution < -0.4 is 4.72 Å². The van der Waals surface area contributed by atoms with Gasteiger partial charge in [0.2, 0.25) is 10.0 Å². The van der Waals surface area contributed by atoms with E-state index in [-0.39, 0.29) is 11.5 Å². The Morgan fingerprint density at radius 2 is 2.08 bits per heavy atom. The van der Waals surface area contributed by atoms with Crippen LogP contribution in [0.2, 0.25) is 0 Å². The molecule has 0 spiro atoms. The van der Waals surface area contributed by atoms with E-state index in [0.29, 0.717) is 6.42 Å². The highest BCUT2D eigenvalue weighted by atomic mass is 32.2. The summed E-state index contributed by atoms with van der Waals surface area (Å²) in [5.41, 5.74) is 1.81. The zero-order valence-electron chi connectivity index (χ0n) is 12.6. The van der Waals surface area contributed by atoms with Crippen molar-refractivity contribution in [2.75, 3.05) is 6.61 Å². The van der Waals surface area contributed by atoms with Gasteiger partial charge in [0.25, 0.3) is 0 Å². The van der Waals surface area contributed by atoms with Crippen molar-refractivity contribution in [3.8, 4) is 0 Å². The van der Waals surface area contributed by atoms with Gasteiger partial charge in [-0.2, -0.15) is 0 Å². The van der Waals surface area contributed by atoms with Crippen molar-refractivity contribution in [1.29, 1.82) is 0 Å². The van der Waals surface area contributed by atoms with E-state index in [0.717, 1.165) is 34.9 Å². The second kappa shape index (κ2) is 6.68. The Kier molecular flexibility index (Phi) is 4.61. The third kappa shape index (κ3) is 3.45. The summed E-state index contributed by atoms with van der Waals surface area (Å²) < 4.78 is 40.2. The summed E-state index contributed by atoms with van der Waals surface area (Å²) in [7, 11) is -3.97. The van der Waals surface area contributed by atoms with Crippen molar-refractivity contribution >= 4 is 20.9 Å². The standard InChI is InChI=1S/C16H16FN3O3S/c17-12-6-14(9-18-8-12)24(22,23)20-13(10-21)5-11-7-19-16-4-2-1-3-15(11)16/h1-4,6-9,13,19-21H,5,10H2. The van der Waals surface area contributed by atoms with Gasteiger partial charge in [-0.1, -0.05) is 18.2 Å². The SMILES string of the molecule is O=S(=O)(NC(CO)Cc1c[nH]c2ccccc12)c1cncc(F)c1. The minimum atomic E-state index is -3.97. The number of aliphatic hydroxyl groups excluding tert-OH is 1. The molecular formula is C16H16FN3O3S. The monoisotopic (exact) mass is 349 g/mol. The lowest BCUT2D eigenvalue weighted by atomic mass is 10.1. The highest BCUT2D eigenvalue weighted by Gasteiger charge is 2.21. The number of para-hydroxylation sites is 1. The molecule has 1 aromatic carbocycles. The van der Waals surface area contributed by atoms with Crippen LogP contribution in [-0.4, -0.2) is 36.1 Å². The number of nitrogens with zero attached hydrogens (tertiary/aromatic N) is 1. The van der Waals surface area contributed by atoms with E-state index >= 15 is 0 Å². The number of nitrogens with one attached hydrogen (secondary N) is 2. The smallest absolute Gasteiger partial charge is 0.242 e. The fourth-order valence-corrected chi connectivity index (χ4v) is 3.74. The maximum atomic E-state index is 13.2. The second-order valence-corrected chi connectivity index (χ2v) is 7.12. The molecule has 0 aliphatic heterocycles. The molecule has 0 fully saturated rings. The highest BCUT2D eigenvalue weighted by molar-refractivity contribution is 7.89. The number of halogens is 1. The van der Waals surface area contributed by atoms with Gasteiger partial charge >= 0.3 is 0 Å². The molecule has 0 aliphatic carbocycles. The molecule has 24 heavy (non-hydrogen) atoms. The van der Waals surface area contributed by atoms with Gasteiger partial charge in [0, 0.05) is 29.3 Å². The highest BCUT2D eigenvalue weighted by Crippen LogP contribution is 2.19. The van der Waals surface area contributed by atoms with E-state index in [9.17, 15) is 17.9 Å². The first-order valence-electron chi connectivity index (χ1n) is 7.28. The van der Waals surface area contributed by atoms with Gasteiger partial charge in [-0.15, -0.1) is 0 Å². The van der Waals surface area contributed by atoms with Crippen LogP contribution in [0.3, 0.4) is 0 Å². The average Bonchev–Trinajstić information content (AvgIpc) is 2.97. The third-order valence-corrected chi connectivity index (χ3v) is 5.16. The topological polar surface area (TPSA) is 95.1 Å². The number of hydrogen-bond donors (Lipinski definition) is 3. The largest absolute Gasteiger partial charge is 0.395 e. The van der Waals surface area contributed by atoms with Crippen LogP contribution in [0.1, 0.15) is 5.56 Å². The molecular weight excluding hydrogens is 333 g/mol. The Morgan fingerprint density at radius 1 is 1.29 bits per heavy atom. The lowest BCUT2D eigenvalue weighted by Gasteiger charge is -2.16. The molecule has 8 heteroatoms. The number of rotatable bonds is 6. The van der Waals surface area contributed by atoms with E-state index in [2.05, 4.69) is 14.7 Å². The molecule has 3 aromatic rings. The summed E-state index contributed by atoms with van der Waals surface area (Å²) in [6.45, 7) is -0.387. The van der Waals surface area contributed by atoms with Crippen LogP contribution in [0.25, 0.3) is 10.9 Å². The minimum absolute atomic E-state index is 0.278. The Bertz CT molecular complexity index is 956. The number of sulfonamides is 1. The predicted octanol–water partition coefficient (Wildman–Crippen LogP) is 1.58.